The molecular formula is C18H22F2N4O4S. The van der Waals surface area contributed by atoms with Crippen LogP contribution in [0.5, 0.6) is 11.5 Å². The van der Waals surface area contributed by atoms with Crippen molar-refractivity contribution in [3.8, 4) is 11.5 Å². The van der Waals surface area contributed by atoms with Crippen LogP contribution in [0.1, 0.15) is 19.3 Å². The topological polar surface area (TPSA) is 95.9 Å². The van der Waals surface area contributed by atoms with Crippen LogP contribution in [0.3, 0.4) is 0 Å². The van der Waals surface area contributed by atoms with Crippen LogP contribution in [-0.2, 0) is 9.84 Å². The van der Waals surface area contributed by atoms with E-state index in [0.29, 0.717) is 29.7 Å². The maximum atomic E-state index is 13.5. The van der Waals surface area contributed by atoms with Crippen LogP contribution >= 0.6 is 0 Å². The number of aromatic nitrogens is 2. The number of phenols is 1. The number of halogens is 2. The molecule has 2 aliphatic rings. The fourth-order valence-corrected chi connectivity index (χ4v) is 5.13. The average Bonchev–Trinajstić information content (AvgIpc) is 2.65. The average molecular weight is 428 g/mol. The van der Waals surface area contributed by atoms with E-state index < -0.39 is 15.8 Å². The van der Waals surface area contributed by atoms with Crippen molar-refractivity contribution in [3.63, 3.8) is 0 Å². The van der Waals surface area contributed by atoms with E-state index in [1.807, 2.05) is 0 Å². The maximum Gasteiger partial charge on any atom is 0.251 e. The molecule has 1 N–H and O–H groups in total. The summed E-state index contributed by atoms with van der Waals surface area (Å²) in [5.41, 5.74) is 0.392. The Balaban J connectivity index is 1.82. The van der Waals surface area contributed by atoms with E-state index in [4.69, 9.17) is 4.74 Å². The first-order valence-corrected chi connectivity index (χ1v) is 11.2. The van der Waals surface area contributed by atoms with Crippen molar-refractivity contribution in [1.82, 2.24) is 9.97 Å². The van der Waals surface area contributed by atoms with Gasteiger partial charge in [-0.1, -0.05) is 0 Å². The van der Waals surface area contributed by atoms with Gasteiger partial charge in [0.25, 0.3) is 5.92 Å². The van der Waals surface area contributed by atoms with Crippen LogP contribution in [0.25, 0.3) is 10.9 Å². The van der Waals surface area contributed by atoms with Crippen LogP contribution in [0, 0.1) is 0 Å². The lowest BCUT2D eigenvalue weighted by molar-refractivity contribution is -0.0222. The summed E-state index contributed by atoms with van der Waals surface area (Å²) >= 11 is 0. The molecule has 2 aromatic rings. The molecule has 1 aromatic carbocycles. The van der Waals surface area contributed by atoms with Crippen molar-refractivity contribution in [3.05, 3.63) is 12.1 Å². The maximum absolute atomic E-state index is 13.5. The lowest BCUT2D eigenvalue weighted by Gasteiger charge is -2.33. The van der Waals surface area contributed by atoms with Gasteiger partial charge < -0.3 is 19.6 Å². The van der Waals surface area contributed by atoms with Crippen LogP contribution in [0.2, 0.25) is 0 Å². The summed E-state index contributed by atoms with van der Waals surface area (Å²) in [7, 11) is -1.84. The van der Waals surface area contributed by atoms with Gasteiger partial charge in [0.1, 0.15) is 11.7 Å². The number of alkyl halides is 2. The number of aromatic hydroxyl groups is 1. The SMILES string of the molecule is COc1cc2c(N3CCCS(=O)(=O)C3)nc(N3CCC(F)(F)CC3)nc2cc1O. The fourth-order valence-electron chi connectivity index (χ4n) is 3.71. The zero-order chi connectivity index (χ0) is 20.8. The highest BCUT2D eigenvalue weighted by Gasteiger charge is 2.35. The lowest BCUT2D eigenvalue weighted by Crippen LogP contribution is -2.41. The van der Waals surface area contributed by atoms with E-state index in [-0.39, 0.29) is 55.0 Å². The fraction of sp³-hybridized carbons (Fsp3) is 0.556. The van der Waals surface area contributed by atoms with Gasteiger partial charge in [-0.15, -0.1) is 0 Å². The number of hydrogen-bond donors (Lipinski definition) is 1. The molecular weight excluding hydrogens is 406 g/mol. The third kappa shape index (κ3) is 4.00. The number of sulfone groups is 1. The minimum atomic E-state index is -3.25. The molecule has 4 rings (SSSR count). The minimum Gasteiger partial charge on any atom is -0.504 e. The molecule has 0 bridgehead atoms. The molecule has 158 valence electrons. The number of methoxy groups -OCH3 is 1. The summed E-state index contributed by atoms with van der Waals surface area (Å²) in [6.45, 7) is 0.683. The molecule has 2 fully saturated rings. The second kappa shape index (κ2) is 7.12. The number of anilines is 2. The highest BCUT2D eigenvalue weighted by atomic mass is 32.2. The van der Waals surface area contributed by atoms with Crippen molar-refractivity contribution in [2.45, 2.75) is 25.2 Å². The van der Waals surface area contributed by atoms with Crippen molar-refractivity contribution in [1.29, 1.82) is 0 Å². The monoisotopic (exact) mass is 428 g/mol. The second-order valence-corrected chi connectivity index (χ2v) is 9.58. The molecule has 0 atom stereocenters. The van der Waals surface area contributed by atoms with Gasteiger partial charge in [0.2, 0.25) is 5.95 Å². The quantitative estimate of drug-likeness (QED) is 0.795. The van der Waals surface area contributed by atoms with E-state index in [0.717, 1.165) is 0 Å². The van der Waals surface area contributed by atoms with Gasteiger partial charge in [-0.25, -0.2) is 22.2 Å². The summed E-state index contributed by atoms with van der Waals surface area (Å²) < 4.78 is 56.6. The zero-order valence-electron chi connectivity index (χ0n) is 15.9. The van der Waals surface area contributed by atoms with Gasteiger partial charge in [-0.3, -0.25) is 0 Å². The van der Waals surface area contributed by atoms with Gasteiger partial charge in [-0.05, 0) is 12.5 Å². The largest absolute Gasteiger partial charge is 0.504 e. The van der Waals surface area contributed by atoms with E-state index in [9.17, 15) is 22.3 Å². The predicted octanol–water partition coefficient (Wildman–Crippen LogP) is 2.16. The Labute approximate surface area is 167 Å². The summed E-state index contributed by atoms with van der Waals surface area (Å²) in [5.74, 6) is -2.04. The number of nitrogens with zero attached hydrogens (tertiary/aromatic N) is 4. The molecule has 0 spiro atoms. The van der Waals surface area contributed by atoms with Gasteiger partial charge >= 0.3 is 0 Å². The number of benzene rings is 1. The first kappa shape index (κ1) is 19.9. The molecule has 3 heterocycles. The third-order valence-corrected chi connectivity index (χ3v) is 6.89. The van der Waals surface area contributed by atoms with Crippen LogP contribution in [0.4, 0.5) is 20.5 Å². The highest BCUT2D eigenvalue weighted by molar-refractivity contribution is 7.91. The molecule has 0 saturated carbocycles. The molecule has 11 heteroatoms. The minimum absolute atomic E-state index is 0.0956. The number of phenolic OH excluding ortho intramolecular Hbond substituents is 1. The van der Waals surface area contributed by atoms with Gasteiger partial charge in [0.05, 0.1) is 18.4 Å². The number of rotatable bonds is 3. The first-order chi connectivity index (χ1) is 13.7. The van der Waals surface area contributed by atoms with E-state index in [1.165, 1.54) is 13.2 Å². The molecule has 29 heavy (non-hydrogen) atoms. The third-order valence-electron chi connectivity index (χ3n) is 5.28. The van der Waals surface area contributed by atoms with Crippen LogP contribution in [-0.4, -0.2) is 67.8 Å². The predicted molar refractivity (Wildman–Crippen MR) is 105 cm³/mol. The number of hydrogen-bond acceptors (Lipinski definition) is 8. The van der Waals surface area contributed by atoms with Crippen molar-refractivity contribution >= 4 is 32.5 Å². The Morgan fingerprint density at radius 3 is 2.52 bits per heavy atom. The Hall–Kier alpha value is -2.43. The van der Waals surface area contributed by atoms with Crippen molar-refractivity contribution in [2.75, 3.05) is 48.2 Å². The Kier molecular flexibility index (Phi) is 4.88. The summed E-state index contributed by atoms with van der Waals surface area (Å²) in [5, 5.41) is 10.7. The van der Waals surface area contributed by atoms with Crippen LogP contribution in [0.15, 0.2) is 12.1 Å². The molecule has 8 nitrogen and oxygen atoms in total. The lowest BCUT2D eigenvalue weighted by atomic mass is 10.1. The Morgan fingerprint density at radius 2 is 1.86 bits per heavy atom. The van der Waals surface area contributed by atoms with E-state index >= 15 is 0 Å². The van der Waals surface area contributed by atoms with Gasteiger partial charge in [-0.2, -0.15) is 4.98 Å². The first-order valence-electron chi connectivity index (χ1n) is 9.34. The second-order valence-electron chi connectivity index (χ2n) is 7.43. The van der Waals surface area contributed by atoms with Crippen LogP contribution < -0.4 is 14.5 Å². The standard InChI is InChI=1S/C18H22F2N4O4S/c1-28-15-9-12-13(10-14(15)25)21-17(23-6-3-18(19,20)4-7-23)22-16(12)24-5-2-8-29(26,27)11-24/h9-10,25H,2-8,11H2,1H3. The Bertz CT molecular complexity index is 1040. The summed E-state index contributed by atoms with van der Waals surface area (Å²) in [6, 6.07) is 2.98. The number of piperidine rings is 1. The molecule has 2 saturated heterocycles. The number of ether oxygens (including phenoxy) is 1. The molecule has 2 aliphatic heterocycles. The van der Waals surface area contributed by atoms with E-state index in [2.05, 4.69) is 9.97 Å². The molecule has 0 aliphatic carbocycles. The van der Waals surface area contributed by atoms with Gasteiger partial charge in [0.15, 0.2) is 21.3 Å². The smallest absolute Gasteiger partial charge is 0.251 e. The molecule has 1 aromatic heterocycles. The normalized spacial score (nSPS) is 21.3. The van der Waals surface area contributed by atoms with Gasteiger partial charge in [0, 0.05) is 43.9 Å². The van der Waals surface area contributed by atoms with E-state index in [1.54, 1.807) is 15.9 Å². The van der Waals surface area contributed by atoms with Crippen molar-refractivity contribution in [2.24, 2.45) is 0 Å². The highest BCUT2D eigenvalue weighted by Crippen LogP contribution is 2.37. The zero-order valence-corrected chi connectivity index (χ0v) is 16.8. The molecule has 0 unspecified atom stereocenters. The molecule has 0 radical (unpaired) electrons. The Morgan fingerprint density at radius 1 is 1.14 bits per heavy atom. The summed E-state index contributed by atoms with van der Waals surface area (Å²) in [6.07, 6.45) is -0.125. The molecule has 0 amide bonds. The summed E-state index contributed by atoms with van der Waals surface area (Å²) in [4.78, 5) is 12.3. The van der Waals surface area contributed by atoms with Crippen molar-refractivity contribution < 1.29 is 27.0 Å². The number of fused-ring (bicyclic) bond motifs is 1.